The highest BCUT2D eigenvalue weighted by Crippen LogP contribution is 2.40. The molecule has 0 fully saturated rings. The number of fused-ring (bicyclic) bond motifs is 1. The van der Waals surface area contributed by atoms with Crippen LogP contribution in [0.3, 0.4) is 0 Å². The van der Waals surface area contributed by atoms with Crippen LogP contribution in [0.25, 0.3) is 10.2 Å². The summed E-state index contributed by atoms with van der Waals surface area (Å²) in [5, 5.41) is 5.27. The standard InChI is InChI=1S/C20H15F4N5OS/c1-10-9-25-17(26-10)16(20(22,23)24)11-2-7-14-15(8-11)31-19(28-14)29-18(30)27-13-5-3-12(21)4-6-13/h2-9,16H,1H3,(H,25,26)(H2,27,28,29,30). The summed E-state index contributed by atoms with van der Waals surface area (Å²) >= 11 is 1.04. The van der Waals surface area contributed by atoms with Crippen molar-refractivity contribution in [2.45, 2.75) is 19.0 Å². The number of imidazole rings is 1. The van der Waals surface area contributed by atoms with Crippen molar-refractivity contribution in [3.8, 4) is 0 Å². The summed E-state index contributed by atoms with van der Waals surface area (Å²) in [6.45, 7) is 1.63. The van der Waals surface area contributed by atoms with Crippen LogP contribution in [0.1, 0.15) is 23.0 Å². The van der Waals surface area contributed by atoms with Gasteiger partial charge in [0.2, 0.25) is 0 Å². The number of thiazole rings is 1. The minimum absolute atomic E-state index is 0.0142. The number of anilines is 2. The Kier molecular flexibility index (Phi) is 5.36. The third-order valence-corrected chi connectivity index (χ3v) is 5.33. The molecule has 0 saturated heterocycles. The first-order chi connectivity index (χ1) is 14.7. The highest BCUT2D eigenvalue weighted by atomic mass is 32.1. The van der Waals surface area contributed by atoms with Gasteiger partial charge in [0.05, 0.1) is 10.2 Å². The van der Waals surface area contributed by atoms with Gasteiger partial charge in [-0.1, -0.05) is 17.4 Å². The van der Waals surface area contributed by atoms with E-state index in [1.54, 1.807) is 6.92 Å². The molecule has 0 aliphatic carbocycles. The van der Waals surface area contributed by atoms with E-state index in [-0.39, 0.29) is 16.5 Å². The maximum absolute atomic E-state index is 13.7. The Bertz CT molecular complexity index is 1230. The van der Waals surface area contributed by atoms with Crippen molar-refractivity contribution in [1.82, 2.24) is 15.0 Å². The van der Waals surface area contributed by atoms with Crippen LogP contribution in [-0.2, 0) is 0 Å². The summed E-state index contributed by atoms with van der Waals surface area (Å²) < 4.78 is 54.7. The molecule has 0 aliphatic heterocycles. The maximum atomic E-state index is 13.7. The number of halogens is 4. The van der Waals surface area contributed by atoms with Crippen molar-refractivity contribution in [2.75, 3.05) is 10.6 Å². The first-order valence-electron chi connectivity index (χ1n) is 9.01. The normalized spacial score (nSPS) is 12.7. The zero-order valence-electron chi connectivity index (χ0n) is 15.9. The van der Waals surface area contributed by atoms with Crippen molar-refractivity contribution < 1.29 is 22.4 Å². The van der Waals surface area contributed by atoms with Gasteiger partial charge in [0.1, 0.15) is 17.6 Å². The van der Waals surface area contributed by atoms with Crippen LogP contribution in [0.2, 0.25) is 0 Å². The molecule has 2 amide bonds. The molecule has 2 heterocycles. The van der Waals surface area contributed by atoms with Gasteiger partial charge in [0.25, 0.3) is 0 Å². The number of carbonyl (C=O) groups excluding carboxylic acids is 1. The number of hydrogen-bond donors (Lipinski definition) is 3. The van der Waals surface area contributed by atoms with Gasteiger partial charge in [-0.2, -0.15) is 13.2 Å². The van der Waals surface area contributed by atoms with Crippen LogP contribution in [-0.4, -0.2) is 27.2 Å². The van der Waals surface area contributed by atoms with E-state index < -0.39 is 23.9 Å². The Hall–Kier alpha value is -3.47. The van der Waals surface area contributed by atoms with Crippen molar-refractivity contribution in [1.29, 1.82) is 0 Å². The Labute approximate surface area is 177 Å². The maximum Gasteiger partial charge on any atom is 0.402 e. The van der Waals surface area contributed by atoms with Gasteiger partial charge in [0.15, 0.2) is 5.13 Å². The summed E-state index contributed by atoms with van der Waals surface area (Å²) in [7, 11) is 0. The Morgan fingerprint density at radius 1 is 1.13 bits per heavy atom. The summed E-state index contributed by atoms with van der Waals surface area (Å²) in [5.41, 5.74) is 1.37. The largest absolute Gasteiger partial charge is 0.402 e. The number of nitrogens with zero attached hydrogens (tertiary/aromatic N) is 2. The number of aryl methyl sites for hydroxylation is 1. The lowest BCUT2D eigenvalue weighted by Gasteiger charge is -2.18. The third kappa shape index (κ3) is 4.66. The number of nitrogens with one attached hydrogen (secondary N) is 3. The summed E-state index contributed by atoms with van der Waals surface area (Å²) in [6, 6.07) is 8.80. The van der Waals surface area contributed by atoms with Gasteiger partial charge in [-0.3, -0.25) is 5.32 Å². The van der Waals surface area contributed by atoms with Crippen molar-refractivity contribution >= 4 is 38.4 Å². The topological polar surface area (TPSA) is 82.7 Å². The number of benzene rings is 2. The Balaban J connectivity index is 1.57. The molecule has 0 saturated carbocycles. The molecular weight excluding hydrogens is 434 g/mol. The lowest BCUT2D eigenvalue weighted by Crippen LogP contribution is -2.23. The fraction of sp³-hybridized carbons (Fsp3) is 0.150. The summed E-state index contributed by atoms with van der Waals surface area (Å²) in [4.78, 5) is 22.9. The molecule has 2 aromatic carbocycles. The van der Waals surface area contributed by atoms with E-state index in [1.807, 2.05) is 0 Å². The van der Waals surface area contributed by atoms with Gasteiger partial charge in [-0.25, -0.2) is 19.2 Å². The van der Waals surface area contributed by atoms with Crippen LogP contribution in [0.15, 0.2) is 48.7 Å². The van der Waals surface area contributed by atoms with E-state index in [9.17, 15) is 22.4 Å². The van der Waals surface area contributed by atoms with Crippen molar-refractivity contribution in [2.24, 2.45) is 0 Å². The number of H-pyrrole nitrogens is 1. The predicted octanol–water partition coefficient (Wildman–Crippen LogP) is 5.81. The van der Waals surface area contributed by atoms with Crippen LogP contribution < -0.4 is 10.6 Å². The first-order valence-corrected chi connectivity index (χ1v) is 9.83. The average molecular weight is 449 g/mol. The third-order valence-electron chi connectivity index (χ3n) is 4.39. The molecule has 6 nitrogen and oxygen atoms in total. The molecule has 0 aliphatic rings. The molecule has 2 aromatic heterocycles. The van der Waals surface area contributed by atoms with E-state index in [0.717, 1.165) is 11.3 Å². The second-order valence-electron chi connectivity index (χ2n) is 6.76. The van der Waals surface area contributed by atoms with E-state index >= 15 is 0 Å². The van der Waals surface area contributed by atoms with E-state index in [1.165, 1.54) is 48.7 Å². The van der Waals surface area contributed by atoms with Gasteiger partial charge < -0.3 is 10.3 Å². The number of carbonyl (C=O) groups is 1. The number of alkyl halides is 3. The van der Waals surface area contributed by atoms with Gasteiger partial charge in [0, 0.05) is 17.6 Å². The van der Waals surface area contributed by atoms with Crippen LogP contribution >= 0.6 is 11.3 Å². The molecule has 160 valence electrons. The van der Waals surface area contributed by atoms with Gasteiger partial charge in [-0.05, 0) is 48.9 Å². The number of aromatic amines is 1. The highest BCUT2D eigenvalue weighted by Gasteiger charge is 2.44. The van der Waals surface area contributed by atoms with Gasteiger partial charge in [-0.15, -0.1) is 0 Å². The second-order valence-corrected chi connectivity index (χ2v) is 7.79. The minimum Gasteiger partial charge on any atom is -0.345 e. The fourth-order valence-corrected chi connectivity index (χ4v) is 3.96. The number of rotatable bonds is 4. The molecule has 1 unspecified atom stereocenters. The molecule has 11 heteroatoms. The SMILES string of the molecule is Cc1cnc(C(c2ccc3nc(NC(=O)Nc4ccc(F)cc4)sc3c2)C(F)(F)F)[nH]1. The quantitative estimate of drug-likeness (QED) is 0.344. The fourth-order valence-electron chi connectivity index (χ4n) is 3.05. The highest BCUT2D eigenvalue weighted by molar-refractivity contribution is 7.22. The lowest BCUT2D eigenvalue weighted by atomic mass is 9.97. The predicted molar refractivity (Wildman–Crippen MR) is 110 cm³/mol. The molecular formula is C20H15F4N5OS. The van der Waals surface area contributed by atoms with E-state index in [0.29, 0.717) is 21.6 Å². The molecule has 0 bridgehead atoms. The summed E-state index contributed by atoms with van der Waals surface area (Å²) in [5.74, 6) is -2.54. The molecule has 4 aromatic rings. The average Bonchev–Trinajstić information content (AvgIpc) is 3.27. The summed E-state index contributed by atoms with van der Waals surface area (Å²) in [6.07, 6.45) is -3.19. The first kappa shape index (κ1) is 20.8. The van der Waals surface area contributed by atoms with Crippen LogP contribution in [0.5, 0.6) is 0 Å². The molecule has 4 rings (SSSR count). The van der Waals surface area contributed by atoms with Crippen molar-refractivity contribution in [3.05, 3.63) is 71.6 Å². The van der Waals surface area contributed by atoms with Crippen LogP contribution in [0.4, 0.5) is 33.2 Å². The van der Waals surface area contributed by atoms with Crippen molar-refractivity contribution in [3.63, 3.8) is 0 Å². The number of amides is 2. The molecule has 1 atom stereocenters. The number of aromatic nitrogens is 3. The zero-order valence-corrected chi connectivity index (χ0v) is 16.7. The monoisotopic (exact) mass is 449 g/mol. The van der Waals surface area contributed by atoms with E-state index in [2.05, 4.69) is 25.6 Å². The smallest absolute Gasteiger partial charge is 0.345 e. The zero-order chi connectivity index (χ0) is 22.2. The number of hydrogen-bond acceptors (Lipinski definition) is 4. The van der Waals surface area contributed by atoms with Crippen LogP contribution in [0, 0.1) is 12.7 Å². The lowest BCUT2D eigenvalue weighted by molar-refractivity contribution is -0.142. The Morgan fingerprint density at radius 2 is 1.87 bits per heavy atom. The number of urea groups is 1. The molecule has 3 N–H and O–H groups in total. The molecule has 0 radical (unpaired) electrons. The molecule has 0 spiro atoms. The van der Waals surface area contributed by atoms with Gasteiger partial charge >= 0.3 is 12.2 Å². The second kappa shape index (κ2) is 7.99. The molecule has 31 heavy (non-hydrogen) atoms. The minimum atomic E-state index is -4.54. The van der Waals surface area contributed by atoms with E-state index in [4.69, 9.17) is 0 Å². The Morgan fingerprint density at radius 3 is 2.52 bits per heavy atom.